The van der Waals surface area contributed by atoms with Crippen molar-refractivity contribution in [3.63, 3.8) is 0 Å². The Kier molecular flexibility index (Phi) is 8.58. The number of nitrogens with zero attached hydrogens (tertiary/aromatic N) is 1. The first-order chi connectivity index (χ1) is 11.1. The van der Waals surface area contributed by atoms with Crippen LogP contribution in [-0.4, -0.2) is 43.2 Å². The molecule has 1 aromatic rings. The highest BCUT2D eigenvalue weighted by molar-refractivity contribution is 8.02. The molecule has 2 N–H and O–H groups in total. The molecule has 24 heavy (non-hydrogen) atoms. The van der Waals surface area contributed by atoms with Gasteiger partial charge in [0.05, 0.1) is 27.1 Å². The number of carbonyl (C=O) groups excluding carboxylic acids is 2. The van der Waals surface area contributed by atoms with Crippen LogP contribution in [-0.2, 0) is 14.3 Å². The van der Waals surface area contributed by atoms with Crippen LogP contribution >= 0.6 is 35.5 Å². The number of anilines is 1. The molecule has 134 valence electrons. The molecule has 6 nitrogen and oxygen atoms in total. The Labute approximate surface area is 156 Å². The van der Waals surface area contributed by atoms with Crippen molar-refractivity contribution in [1.29, 1.82) is 5.41 Å². The van der Waals surface area contributed by atoms with Crippen LogP contribution in [0.4, 0.5) is 5.69 Å². The lowest BCUT2D eigenvalue weighted by atomic mass is 10.3. The molecule has 0 spiro atoms. The van der Waals surface area contributed by atoms with E-state index in [1.165, 1.54) is 28.0 Å². The van der Waals surface area contributed by atoms with Crippen molar-refractivity contribution in [3.8, 4) is 0 Å². The standard InChI is InChI=1S/C15H21N3O3S2.ClH/c1-3-5-6-17-12(19)8-18-10-7-11(14(16)21-4-2)23-15(10)22-9-13(18)20;/h7,16H,3-6,8-9H2,1-2H3,(H,17,19);1H. The van der Waals surface area contributed by atoms with Gasteiger partial charge in [-0.25, -0.2) is 0 Å². The minimum Gasteiger partial charge on any atom is -0.477 e. The van der Waals surface area contributed by atoms with Crippen LogP contribution in [0.25, 0.3) is 0 Å². The maximum Gasteiger partial charge on any atom is 0.240 e. The average Bonchev–Trinajstić information content (AvgIpc) is 2.95. The third-order valence-corrected chi connectivity index (χ3v) is 5.65. The molecule has 1 aromatic heterocycles. The number of fused-ring (bicyclic) bond motifs is 1. The van der Waals surface area contributed by atoms with Gasteiger partial charge in [-0.2, -0.15) is 0 Å². The van der Waals surface area contributed by atoms with Gasteiger partial charge in [0.2, 0.25) is 17.7 Å². The van der Waals surface area contributed by atoms with Crippen molar-refractivity contribution in [2.45, 2.75) is 30.9 Å². The summed E-state index contributed by atoms with van der Waals surface area (Å²) in [7, 11) is 0. The van der Waals surface area contributed by atoms with Gasteiger partial charge in [-0.3, -0.25) is 15.0 Å². The van der Waals surface area contributed by atoms with Gasteiger partial charge in [0.1, 0.15) is 6.54 Å². The maximum atomic E-state index is 12.2. The van der Waals surface area contributed by atoms with Crippen LogP contribution in [0.2, 0.25) is 0 Å². The fraction of sp³-hybridized carbons (Fsp3) is 0.533. The molecular formula is C15H22ClN3O3S2. The fourth-order valence-corrected chi connectivity index (χ4v) is 4.31. The molecule has 0 saturated carbocycles. The van der Waals surface area contributed by atoms with Crippen LogP contribution in [0, 0.1) is 5.41 Å². The molecule has 0 radical (unpaired) electrons. The predicted molar refractivity (Wildman–Crippen MR) is 101 cm³/mol. The van der Waals surface area contributed by atoms with E-state index in [1.807, 2.05) is 6.92 Å². The second-order valence-electron chi connectivity index (χ2n) is 5.02. The number of unbranched alkanes of at least 4 members (excludes halogenated alkanes) is 1. The zero-order valence-electron chi connectivity index (χ0n) is 13.7. The van der Waals surface area contributed by atoms with Gasteiger partial charge in [0, 0.05) is 6.54 Å². The van der Waals surface area contributed by atoms with Gasteiger partial charge in [-0.05, 0) is 19.4 Å². The van der Waals surface area contributed by atoms with E-state index in [4.69, 9.17) is 10.1 Å². The minimum absolute atomic E-state index is 0. The van der Waals surface area contributed by atoms with E-state index >= 15 is 0 Å². The predicted octanol–water partition coefficient (Wildman–Crippen LogP) is 2.89. The van der Waals surface area contributed by atoms with E-state index in [0.29, 0.717) is 29.5 Å². The fourth-order valence-electron chi connectivity index (χ4n) is 2.10. The Bertz CT molecular complexity index is 607. The van der Waals surface area contributed by atoms with Crippen molar-refractivity contribution in [1.82, 2.24) is 5.32 Å². The third kappa shape index (κ3) is 5.12. The van der Waals surface area contributed by atoms with Gasteiger partial charge in [0.25, 0.3) is 0 Å². The summed E-state index contributed by atoms with van der Waals surface area (Å²) >= 11 is 2.87. The summed E-state index contributed by atoms with van der Waals surface area (Å²) in [6, 6.07) is 1.77. The average molecular weight is 392 g/mol. The van der Waals surface area contributed by atoms with Crippen LogP contribution in [0.15, 0.2) is 10.3 Å². The lowest BCUT2D eigenvalue weighted by Crippen LogP contribution is -2.43. The maximum absolute atomic E-state index is 12.2. The number of rotatable bonds is 7. The molecule has 9 heteroatoms. The molecule has 1 aliphatic heterocycles. The second-order valence-corrected chi connectivity index (χ2v) is 7.31. The van der Waals surface area contributed by atoms with Crippen molar-refractivity contribution < 1.29 is 14.3 Å². The molecule has 2 amide bonds. The summed E-state index contributed by atoms with van der Waals surface area (Å²) in [5, 5.41) is 10.7. The first kappa shape index (κ1) is 20.8. The van der Waals surface area contributed by atoms with Gasteiger partial charge in [-0.1, -0.05) is 13.3 Å². The van der Waals surface area contributed by atoms with E-state index in [2.05, 4.69) is 12.2 Å². The zero-order valence-corrected chi connectivity index (χ0v) is 16.2. The smallest absolute Gasteiger partial charge is 0.240 e. The largest absolute Gasteiger partial charge is 0.477 e. The summed E-state index contributed by atoms with van der Waals surface area (Å²) < 4.78 is 6.17. The van der Waals surface area contributed by atoms with E-state index in [-0.39, 0.29) is 36.7 Å². The zero-order chi connectivity index (χ0) is 16.8. The summed E-state index contributed by atoms with van der Waals surface area (Å²) in [6.45, 7) is 4.96. The van der Waals surface area contributed by atoms with Crippen molar-refractivity contribution in [2.24, 2.45) is 0 Å². The third-order valence-electron chi connectivity index (χ3n) is 3.26. The number of hydrogen-bond acceptors (Lipinski definition) is 6. The molecule has 0 atom stereocenters. The molecule has 1 aliphatic rings. The van der Waals surface area contributed by atoms with E-state index in [9.17, 15) is 9.59 Å². The first-order valence-electron chi connectivity index (χ1n) is 7.62. The Morgan fingerprint density at radius 2 is 2.21 bits per heavy atom. The highest BCUT2D eigenvalue weighted by Gasteiger charge is 2.29. The van der Waals surface area contributed by atoms with Crippen LogP contribution in [0.5, 0.6) is 0 Å². The highest BCUT2D eigenvalue weighted by atomic mass is 35.5. The molecule has 0 aromatic carbocycles. The number of carbonyl (C=O) groups is 2. The normalized spacial score (nSPS) is 13.1. The number of hydrogen-bond donors (Lipinski definition) is 2. The van der Waals surface area contributed by atoms with Crippen LogP contribution in [0.1, 0.15) is 31.6 Å². The van der Waals surface area contributed by atoms with E-state index in [0.717, 1.165) is 17.1 Å². The monoisotopic (exact) mass is 391 g/mol. The quantitative estimate of drug-likeness (QED) is 0.425. The molecular weight excluding hydrogens is 370 g/mol. The minimum atomic E-state index is -0.155. The van der Waals surface area contributed by atoms with E-state index < -0.39 is 0 Å². The molecule has 2 rings (SSSR count). The first-order valence-corrected chi connectivity index (χ1v) is 9.42. The summed E-state index contributed by atoms with van der Waals surface area (Å²) in [6.07, 6.45) is 1.94. The Morgan fingerprint density at radius 1 is 1.46 bits per heavy atom. The Hall–Kier alpha value is -1.25. The van der Waals surface area contributed by atoms with Crippen molar-refractivity contribution >= 4 is 58.9 Å². The molecule has 0 bridgehead atoms. The Morgan fingerprint density at radius 3 is 2.88 bits per heavy atom. The molecule has 0 fully saturated rings. The lowest BCUT2D eigenvalue weighted by Gasteiger charge is -2.25. The highest BCUT2D eigenvalue weighted by Crippen LogP contribution is 2.42. The number of amides is 2. The van der Waals surface area contributed by atoms with Gasteiger partial charge < -0.3 is 15.0 Å². The number of thiophene rings is 1. The van der Waals surface area contributed by atoms with E-state index in [1.54, 1.807) is 6.07 Å². The summed E-state index contributed by atoms with van der Waals surface area (Å²) in [5.41, 5.74) is 0.710. The number of nitrogens with one attached hydrogen (secondary N) is 2. The Balaban J connectivity index is 0.00000288. The lowest BCUT2D eigenvalue weighted by molar-refractivity contribution is -0.122. The SMILES string of the molecule is CCCCNC(=O)CN1C(=O)CSc2sc(C(=N)OCC)cc21.Cl. The van der Waals surface area contributed by atoms with Gasteiger partial charge in [-0.15, -0.1) is 35.5 Å². The topological polar surface area (TPSA) is 82.5 Å². The number of thioether (sulfide) groups is 1. The van der Waals surface area contributed by atoms with Crippen LogP contribution in [0.3, 0.4) is 0 Å². The summed E-state index contributed by atoms with van der Waals surface area (Å²) in [4.78, 5) is 26.4. The number of halogens is 1. The van der Waals surface area contributed by atoms with Crippen molar-refractivity contribution in [3.05, 3.63) is 10.9 Å². The summed E-state index contributed by atoms with van der Waals surface area (Å²) in [5.74, 6) is 0.182. The molecule has 0 aliphatic carbocycles. The van der Waals surface area contributed by atoms with Crippen LogP contribution < -0.4 is 10.2 Å². The number of ether oxygens (including phenoxy) is 1. The van der Waals surface area contributed by atoms with Gasteiger partial charge >= 0.3 is 0 Å². The molecule has 0 saturated heterocycles. The van der Waals surface area contributed by atoms with Crippen molar-refractivity contribution in [2.75, 3.05) is 30.3 Å². The molecule has 2 heterocycles. The second kappa shape index (κ2) is 9.90. The van der Waals surface area contributed by atoms with Gasteiger partial charge in [0.15, 0.2) is 0 Å². The molecule has 0 unspecified atom stereocenters.